The molecular weight excluding hydrogens is 345 g/mol. The van der Waals surface area contributed by atoms with Crippen LogP contribution >= 0.6 is 15.9 Å². The smallest absolute Gasteiger partial charge is 0.252 e. The molecule has 120 valence electrons. The van der Waals surface area contributed by atoms with Gasteiger partial charge in [-0.1, -0.05) is 33.1 Å². The third kappa shape index (κ3) is 3.70. The molecule has 1 aromatic rings. The van der Waals surface area contributed by atoms with Gasteiger partial charge in [-0.2, -0.15) is 0 Å². The Balaban J connectivity index is 0.00000176. The summed E-state index contributed by atoms with van der Waals surface area (Å²) in [6, 6.07) is 4.23. The molecule has 22 heavy (non-hydrogen) atoms. The number of benzene rings is 1. The number of amides is 1. The van der Waals surface area contributed by atoms with Crippen LogP contribution in [-0.4, -0.2) is 12.5 Å². The van der Waals surface area contributed by atoms with Gasteiger partial charge in [0.25, 0.3) is 5.91 Å². The fourth-order valence-electron chi connectivity index (χ4n) is 4.10. The van der Waals surface area contributed by atoms with Crippen LogP contribution in [0.15, 0.2) is 22.7 Å². The first-order valence-electron chi connectivity index (χ1n) is 7.81. The van der Waals surface area contributed by atoms with Crippen molar-refractivity contribution in [1.82, 2.24) is 5.32 Å². The molecule has 1 N–H and O–H groups in total. The standard InChI is InChI=1S/C17H21BrFNO.CH2/c18-15-6-5-13(19)9-14(15)16(21)20-11-17-7-1-3-12(10-17)4-2-8-17;/h5-6,9,12H,1-4,7-8,10-11H2,(H,20,21);1H2. The van der Waals surface area contributed by atoms with Crippen LogP contribution in [0.5, 0.6) is 0 Å². The summed E-state index contributed by atoms with van der Waals surface area (Å²) in [5.74, 6) is 0.297. The Hall–Kier alpha value is -0.900. The van der Waals surface area contributed by atoms with Gasteiger partial charge in [-0.25, -0.2) is 4.39 Å². The lowest BCUT2D eigenvalue weighted by molar-refractivity contribution is 0.0681. The average Bonchev–Trinajstić information content (AvgIpc) is 2.47. The molecule has 0 heterocycles. The van der Waals surface area contributed by atoms with Gasteiger partial charge in [0.2, 0.25) is 0 Å². The molecule has 2 radical (unpaired) electrons. The Morgan fingerprint density at radius 1 is 1.32 bits per heavy atom. The van der Waals surface area contributed by atoms with Crippen LogP contribution in [0.3, 0.4) is 0 Å². The molecule has 2 saturated carbocycles. The summed E-state index contributed by atoms with van der Waals surface area (Å²) >= 11 is 3.32. The van der Waals surface area contributed by atoms with E-state index in [1.54, 1.807) is 6.07 Å². The second-order valence-electron chi connectivity index (χ2n) is 6.66. The van der Waals surface area contributed by atoms with Crippen LogP contribution in [0, 0.1) is 24.6 Å². The molecular formula is C18H23BrFNO. The number of carbonyl (C=O) groups is 1. The van der Waals surface area contributed by atoms with Gasteiger partial charge < -0.3 is 5.32 Å². The van der Waals surface area contributed by atoms with Gasteiger partial charge in [0.15, 0.2) is 0 Å². The average molecular weight is 368 g/mol. The minimum Gasteiger partial charge on any atom is -0.351 e. The van der Waals surface area contributed by atoms with Gasteiger partial charge >= 0.3 is 0 Å². The molecule has 0 spiro atoms. The van der Waals surface area contributed by atoms with E-state index in [1.165, 1.54) is 57.1 Å². The molecule has 3 rings (SSSR count). The summed E-state index contributed by atoms with van der Waals surface area (Å²) in [6.07, 6.45) is 8.95. The van der Waals surface area contributed by atoms with Crippen LogP contribution in [0.1, 0.15) is 55.3 Å². The number of nitrogens with one attached hydrogen (secondary N) is 1. The second kappa shape index (κ2) is 7.12. The van der Waals surface area contributed by atoms with Crippen molar-refractivity contribution in [2.45, 2.75) is 44.9 Å². The number of hydrogen-bond donors (Lipinski definition) is 1. The molecule has 2 aliphatic carbocycles. The monoisotopic (exact) mass is 367 g/mol. The van der Waals surface area contributed by atoms with Crippen molar-refractivity contribution in [2.75, 3.05) is 6.54 Å². The fraction of sp³-hybridized carbons (Fsp3) is 0.556. The fourth-order valence-corrected chi connectivity index (χ4v) is 4.53. The third-order valence-corrected chi connectivity index (χ3v) is 5.85. The predicted octanol–water partition coefficient (Wildman–Crippen LogP) is 5.01. The topological polar surface area (TPSA) is 29.1 Å². The summed E-state index contributed by atoms with van der Waals surface area (Å²) in [5.41, 5.74) is 0.672. The van der Waals surface area contributed by atoms with Gasteiger partial charge in [0.05, 0.1) is 5.56 Å². The van der Waals surface area contributed by atoms with Crippen LogP contribution in [0.25, 0.3) is 0 Å². The highest BCUT2D eigenvalue weighted by Crippen LogP contribution is 2.48. The number of halogens is 2. The second-order valence-corrected chi connectivity index (χ2v) is 7.52. The highest BCUT2D eigenvalue weighted by atomic mass is 79.9. The lowest BCUT2D eigenvalue weighted by Crippen LogP contribution is -2.43. The minimum absolute atomic E-state index is 0. The normalized spacial score (nSPS) is 26.9. The molecule has 2 aliphatic rings. The Morgan fingerprint density at radius 3 is 2.68 bits per heavy atom. The van der Waals surface area contributed by atoms with Gasteiger partial charge in [0, 0.05) is 11.0 Å². The van der Waals surface area contributed by atoms with Crippen molar-refractivity contribution in [3.8, 4) is 0 Å². The third-order valence-electron chi connectivity index (χ3n) is 5.16. The zero-order chi connectivity index (χ0) is 14.9. The summed E-state index contributed by atoms with van der Waals surface area (Å²) in [6.45, 7) is 0.727. The zero-order valence-corrected chi connectivity index (χ0v) is 14.4. The Morgan fingerprint density at radius 2 is 2.00 bits per heavy atom. The zero-order valence-electron chi connectivity index (χ0n) is 12.8. The quantitative estimate of drug-likeness (QED) is 0.799. The molecule has 0 atom stereocenters. The number of rotatable bonds is 3. The minimum atomic E-state index is -0.378. The molecule has 0 aromatic heterocycles. The molecule has 1 amide bonds. The van der Waals surface area contributed by atoms with E-state index in [1.807, 2.05) is 0 Å². The summed E-state index contributed by atoms with van der Waals surface area (Å²) < 4.78 is 13.9. The molecule has 2 bridgehead atoms. The van der Waals surface area contributed by atoms with Crippen molar-refractivity contribution < 1.29 is 9.18 Å². The van der Waals surface area contributed by atoms with Gasteiger partial charge in [-0.15, -0.1) is 0 Å². The van der Waals surface area contributed by atoms with Gasteiger partial charge in [0.1, 0.15) is 5.82 Å². The first kappa shape index (κ1) is 17.5. The van der Waals surface area contributed by atoms with Crippen molar-refractivity contribution >= 4 is 21.8 Å². The maximum atomic E-state index is 13.3. The predicted molar refractivity (Wildman–Crippen MR) is 90.0 cm³/mol. The summed E-state index contributed by atoms with van der Waals surface area (Å²) in [4.78, 5) is 12.3. The first-order chi connectivity index (χ1) is 10.1. The van der Waals surface area contributed by atoms with Crippen LogP contribution in [0.4, 0.5) is 4.39 Å². The molecule has 1 aromatic carbocycles. The van der Waals surface area contributed by atoms with E-state index in [4.69, 9.17) is 0 Å². The Bertz CT molecular complexity index is 536. The van der Waals surface area contributed by atoms with Crippen molar-refractivity contribution in [2.24, 2.45) is 11.3 Å². The van der Waals surface area contributed by atoms with Crippen molar-refractivity contribution in [3.63, 3.8) is 0 Å². The molecule has 0 unspecified atom stereocenters. The number of carbonyl (C=O) groups excluding carboxylic acids is 1. The number of fused-ring (bicyclic) bond motifs is 2. The van der Waals surface area contributed by atoms with E-state index < -0.39 is 0 Å². The highest BCUT2D eigenvalue weighted by Gasteiger charge is 2.39. The van der Waals surface area contributed by atoms with Crippen molar-refractivity contribution in [3.05, 3.63) is 41.5 Å². The van der Waals surface area contributed by atoms with Crippen LogP contribution < -0.4 is 5.32 Å². The van der Waals surface area contributed by atoms with Crippen molar-refractivity contribution in [1.29, 1.82) is 0 Å². The molecule has 0 saturated heterocycles. The highest BCUT2D eigenvalue weighted by molar-refractivity contribution is 9.10. The molecule has 2 nitrogen and oxygen atoms in total. The van der Waals surface area contributed by atoms with Gasteiger partial charge in [-0.3, -0.25) is 4.79 Å². The molecule has 2 fully saturated rings. The van der Waals surface area contributed by atoms with Gasteiger partial charge in [-0.05, 0) is 64.7 Å². The summed E-state index contributed by atoms with van der Waals surface area (Å²) in [5, 5.41) is 3.05. The molecule has 4 heteroatoms. The molecule has 0 aliphatic heterocycles. The first-order valence-corrected chi connectivity index (χ1v) is 8.61. The Labute approximate surface area is 141 Å². The maximum Gasteiger partial charge on any atom is 0.252 e. The summed E-state index contributed by atoms with van der Waals surface area (Å²) in [7, 11) is 0. The van der Waals surface area contributed by atoms with E-state index in [0.29, 0.717) is 10.0 Å². The number of hydrogen-bond acceptors (Lipinski definition) is 1. The lowest BCUT2D eigenvalue weighted by atomic mass is 9.62. The van der Waals surface area contributed by atoms with E-state index in [0.717, 1.165) is 12.5 Å². The van der Waals surface area contributed by atoms with E-state index in [2.05, 4.69) is 21.2 Å². The van der Waals surface area contributed by atoms with E-state index in [-0.39, 0.29) is 24.6 Å². The largest absolute Gasteiger partial charge is 0.351 e. The van der Waals surface area contributed by atoms with Crippen LogP contribution in [0.2, 0.25) is 0 Å². The van der Waals surface area contributed by atoms with Crippen LogP contribution in [-0.2, 0) is 0 Å². The lowest BCUT2D eigenvalue weighted by Gasteiger charge is -2.45. The SMILES string of the molecule is O=C(NCC12CCCC(CCC1)C2)c1cc(F)ccc1Br.[CH2]. The maximum absolute atomic E-state index is 13.3. The Kier molecular flexibility index (Phi) is 5.65. The van der Waals surface area contributed by atoms with E-state index in [9.17, 15) is 9.18 Å². The van der Waals surface area contributed by atoms with E-state index >= 15 is 0 Å².